The highest BCUT2D eigenvalue weighted by Crippen LogP contribution is 2.30. The molecule has 1 aromatic rings. The second-order valence-electron chi connectivity index (χ2n) is 6.24. The van der Waals surface area contributed by atoms with E-state index in [1.165, 1.54) is 49.1 Å². The number of fused-ring (bicyclic) bond motifs is 1. The van der Waals surface area contributed by atoms with Crippen molar-refractivity contribution < 1.29 is 4.79 Å². The molecule has 2 aliphatic carbocycles. The SMILES string of the molecule is Cc1nc2c(s1)CC(C(=O)NC1CCCCCC1)CC2. The Kier molecular flexibility index (Phi) is 4.39. The van der Waals surface area contributed by atoms with Crippen molar-refractivity contribution in [3.8, 4) is 0 Å². The molecular formula is C16H24N2OS. The van der Waals surface area contributed by atoms with Crippen molar-refractivity contribution in [1.82, 2.24) is 10.3 Å². The summed E-state index contributed by atoms with van der Waals surface area (Å²) >= 11 is 1.77. The van der Waals surface area contributed by atoms with Gasteiger partial charge in [0.2, 0.25) is 5.91 Å². The molecule has 0 bridgehead atoms. The number of hydrogen-bond donors (Lipinski definition) is 1. The van der Waals surface area contributed by atoms with Gasteiger partial charge >= 0.3 is 0 Å². The predicted molar refractivity (Wildman–Crippen MR) is 82.0 cm³/mol. The van der Waals surface area contributed by atoms with E-state index in [4.69, 9.17) is 0 Å². The third-order valence-electron chi connectivity index (χ3n) is 4.62. The Morgan fingerprint density at radius 1 is 1.20 bits per heavy atom. The van der Waals surface area contributed by atoms with Gasteiger partial charge in [-0.1, -0.05) is 25.7 Å². The molecule has 3 rings (SSSR count). The zero-order chi connectivity index (χ0) is 13.9. The van der Waals surface area contributed by atoms with Crippen LogP contribution in [0.1, 0.15) is 60.5 Å². The lowest BCUT2D eigenvalue weighted by Crippen LogP contribution is -2.40. The number of carbonyl (C=O) groups excluding carboxylic acids is 1. The van der Waals surface area contributed by atoms with Gasteiger partial charge in [-0.3, -0.25) is 4.79 Å². The van der Waals surface area contributed by atoms with Crippen LogP contribution in [0.4, 0.5) is 0 Å². The number of rotatable bonds is 2. The van der Waals surface area contributed by atoms with Crippen molar-refractivity contribution in [2.24, 2.45) is 5.92 Å². The smallest absolute Gasteiger partial charge is 0.223 e. The van der Waals surface area contributed by atoms with Gasteiger partial charge in [-0.05, 0) is 39.0 Å². The maximum absolute atomic E-state index is 12.5. The van der Waals surface area contributed by atoms with Crippen LogP contribution in [0.2, 0.25) is 0 Å². The minimum atomic E-state index is 0.172. The maximum atomic E-state index is 12.5. The van der Waals surface area contributed by atoms with E-state index in [9.17, 15) is 4.79 Å². The number of amides is 1. The fourth-order valence-corrected chi connectivity index (χ4v) is 4.53. The number of nitrogens with one attached hydrogen (secondary N) is 1. The van der Waals surface area contributed by atoms with Gasteiger partial charge in [-0.15, -0.1) is 11.3 Å². The molecule has 1 saturated carbocycles. The number of carbonyl (C=O) groups is 1. The molecule has 0 saturated heterocycles. The average molecular weight is 292 g/mol. The Morgan fingerprint density at radius 3 is 2.70 bits per heavy atom. The normalized spacial score (nSPS) is 23.9. The summed E-state index contributed by atoms with van der Waals surface area (Å²) in [5.41, 5.74) is 1.24. The lowest BCUT2D eigenvalue weighted by Gasteiger charge is -2.24. The summed E-state index contributed by atoms with van der Waals surface area (Å²) < 4.78 is 0. The molecule has 0 aliphatic heterocycles. The molecule has 2 aliphatic rings. The summed E-state index contributed by atoms with van der Waals surface area (Å²) in [7, 11) is 0. The Hall–Kier alpha value is -0.900. The molecule has 0 aromatic carbocycles. The maximum Gasteiger partial charge on any atom is 0.223 e. The van der Waals surface area contributed by atoms with Gasteiger partial charge in [0.1, 0.15) is 0 Å². The molecule has 110 valence electrons. The Morgan fingerprint density at radius 2 is 1.95 bits per heavy atom. The first kappa shape index (κ1) is 14.1. The fourth-order valence-electron chi connectivity index (χ4n) is 3.47. The number of nitrogens with zero attached hydrogens (tertiary/aromatic N) is 1. The first-order valence-corrected chi connectivity index (χ1v) is 8.79. The topological polar surface area (TPSA) is 42.0 Å². The molecule has 20 heavy (non-hydrogen) atoms. The van der Waals surface area contributed by atoms with Crippen LogP contribution in [0.15, 0.2) is 0 Å². The number of aryl methyl sites for hydroxylation is 2. The summed E-state index contributed by atoms with van der Waals surface area (Å²) in [5, 5.41) is 4.45. The first-order valence-electron chi connectivity index (χ1n) is 7.98. The zero-order valence-corrected chi connectivity index (χ0v) is 13.1. The van der Waals surface area contributed by atoms with Crippen molar-refractivity contribution in [1.29, 1.82) is 0 Å². The summed E-state index contributed by atoms with van der Waals surface area (Å²) in [5.74, 6) is 0.458. The van der Waals surface area contributed by atoms with E-state index in [1.807, 2.05) is 0 Å². The molecule has 3 nitrogen and oxygen atoms in total. The van der Waals surface area contributed by atoms with Crippen LogP contribution in [0.5, 0.6) is 0 Å². The average Bonchev–Trinajstić information content (AvgIpc) is 2.62. The molecule has 1 fully saturated rings. The molecule has 1 amide bonds. The number of hydrogen-bond acceptors (Lipinski definition) is 3. The van der Waals surface area contributed by atoms with Gasteiger partial charge in [0.25, 0.3) is 0 Å². The van der Waals surface area contributed by atoms with Crippen molar-refractivity contribution in [3.63, 3.8) is 0 Å². The van der Waals surface area contributed by atoms with E-state index >= 15 is 0 Å². The standard InChI is InChI=1S/C16H24N2OS/c1-11-17-14-9-8-12(10-15(14)20-11)16(19)18-13-6-4-2-3-5-7-13/h12-13H,2-10H2,1H3,(H,18,19). The highest BCUT2D eigenvalue weighted by molar-refractivity contribution is 7.11. The summed E-state index contributed by atoms with van der Waals surface area (Å²) in [6, 6.07) is 0.426. The van der Waals surface area contributed by atoms with Gasteiger partial charge < -0.3 is 5.32 Å². The Balaban J connectivity index is 1.58. The highest BCUT2D eigenvalue weighted by Gasteiger charge is 2.28. The Bertz CT molecular complexity index is 475. The van der Waals surface area contributed by atoms with Crippen LogP contribution in [-0.4, -0.2) is 16.9 Å². The predicted octanol–water partition coefficient (Wildman–Crippen LogP) is 3.40. The summed E-state index contributed by atoms with van der Waals surface area (Å²) in [4.78, 5) is 18.4. The lowest BCUT2D eigenvalue weighted by atomic mass is 9.90. The van der Waals surface area contributed by atoms with Gasteiger partial charge in [-0.25, -0.2) is 4.98 Å². The van der Waals surface area contributed by atoms with Crippen LogP contribution < -0.4 is 5.32 Å². The minimum absolute atomic E-state index is 0.172. The van der Waals surface area contributed by atoms with E-state index < -0.39 is 0 Å². The molecule has 4 heteroatoms. The van der Waals surface area contributed by atoms with E-state index in [-0.39, 0.29) is 11.8 Å². The summed E-state index contributed by atoms with van der Waals surface area (Å²) in [6.45, 7) is 2.06. The highest BCUT2D eigenvalue weighted by atomic mass is 32.1. The second kappa shape index (κ2) is 6.25. The van der Waals surface area contributed by atoms with Crippen LogP contribution in [-0.2, 0) is 17.6 Å². The largest absolute Gasteiger partial charge is 0.353 e. The van der Waals surface area contributed by atoms with Crippen molar-refractivity contribution in [2.45, 2.75) is 70.8 Å². The van der Waals surface area contributed by atoms with Gasteiger partial charge in [0.05, 0.1) is 10.7 Å². The molecular weight excluding hydrogens is 268 g/mol. The molecule has 1 atom stereocenters. The van der Waals surface area contributed by atoms with Gasteiger partial charge in [-0.2, -0.15) is 0 Å². The molecule has 0 radical (unpaired) electrons. The molecule has 1 unspecified atom stereocenters. The van der Waals surface area contributed by atoms with Gasteiger partial charge in [0.15, 0.2) is 0 Å². The Labute approximate surface area is 125 Å². The lowest BCUT2D eigenvalue weighted by molar-refractivity contribution is -0.126. The molecule has 1 heterocycles. The molecule has 1 aromatic heterocycles. The fraction of sp³-hybridized carbons (Fsp3) is 0.750. The van der Waals surface area contributed by atoms with E-state index in [0.717, 1.165) is 24.3 Å². The van der Waals surface area contributed by atoms with Crippen molar-refractivity contribution >= 4 is 17.2 Å². The monoisotopic (exact) mass is 292 g/mol. The van der Waals surface area contributed by atoms with E-state index in [1.54, 1.807) is 11.3 Å². The van der Waals surface area contributed by atoms with Gasteiger partial charge in [0, 0.05) is 16.8 Å². The first-order chi connectivity index (χ1) is 9.72. The van der Waals surface area contributed by atoms with Crippen LogP contribution in [0.25, 0.3) is 0 Å². The third kappa shape index (κ3) is 3.22. The quantitative estimate of drug-likeness (QED) is 0.849. The second-order valence-corrected chi connectivity index (χ2v) is 7.53. The van der Waals surface area contributed by atoms with Crippen molar-refractivity contribution in [3.05, 3.63) is 15.6 Å². The van der Waals surface area contributed by atoms with Crippen molar-refractivity contribution in [2.75, 3.05) is 0 Å². The third-order valence-corrected chi connectivity index (χ3v) is 5.65. The van der Waals surface area contributed by atoms with Crippen LogP contribution >= 0.6 is 11.3 Å². The molecule has 1 N–H and O–H groups in total. The zero-order valence-electron chi connectivity index (χ0n) is 12.3. The number of thiazole rings is 1. The van der Waals surface area contributed by atoms with Crippen LogP contribution in [0.3, 0.4) is 0 Å². The van der Waals surface area contributed by atoms with E-state index in [2.05, 4.69) is 17.2 Å². The molecule has 0 spiro atoms. The number of aromatic nitrogens is 1. The van der Waals surface area contributed by atoms with Crippen LogP contribution in [0, 0.1) is 12.8 Å². The van der Waals surface area contributed by atoms with E-state index in [0.29, 0.717) is 6.04 Å². The minimum Gasteiger partial charge on any atom is -0.353 e. The summed E-state index contributed by atoms with van der Waals surface area (Å²) in [6.07, 6.45) is 10.4.